The zero-order valence-corrected chi connectivity index (χ0v) is 16.8. The number of anilines is 4. The number of hydrogen-bond donors (Lipinski definition) is 3. The molecule has 2 heterocycles. The van der Waals surface area contributed by atoms with E-state index in [0.29, 0.717) is 29.8 Å². The van der Waals surface area contributed by atoms with Crippen molar-refractivity contribution in [2.75, 3.05) is 49.2 Å². The lowest BCUT2D eigenvalue weighted by molar-refractivity contribution is -0.915. The molecule has 8 nitrogen and oxygen atoms in total. The molecule has 0 amide bonds. The molecule has 1 fully saturated rings. The lowest BCUT2D eigenvalue weighted by atomic mass is 10.2. The van der Waals surface area contributed by atoms with Gasteiger partial charge in [0.05, 0.1) is 44.7 Å². The maximum absolute atomic E-state index is 14.0. The van der Waals surface area contributed by atoms with Crippen LogP contribution in [0.25, 0.3) is 0 Å². The Labute approximate surface area is 174 Å². The molecule has 9 heteroatoms. The Bertz CT molecular complexity index is 1010. The van der Waals surface area contributed by atoms with Gasteiger partial charge in [-0.1, -0.05) is 24.3 Å². The van der Waals surface area contributed by atoms with Gasteiger partial charge in [0.2, 0.25) is 11.9 Å². The van der Waals surface area contributed by atoms with Crippen molar-refractivity contribution in [2.45, 2.75) is 6.54 Å². The van der Waals surface area contributed by atoms with Crippen LogP contribution in [-0.2, 0) is 6.54 Å². The fraction of sp³-hybridized carbons (Fsp3) is 0.286. The second-order valence-electron chi connectivity index (χ2n) is 7.12. The topological polar surface area (TPSA) is 93.6 Å². The van der Waals surface area contributed by atoms with Crippen molar-refractivity contribution in [1.29, 1.82) is 0 Å². The molecular formula is C21H25FN7O+. The smallest absolute Gasteiger partial charge is 0.232 e. The average molecular weight is 410 g/mol. The third kappa shape index (κ3) is 4.57. The highest BCUT2D eigenvalue weighted by molar-refractivity contribution is 5.62. The number of methoxy groups -OCH3 is 1. The van der Waals surface area contributed by atoms with E-state index in [9.17, 15) is 4.39 Å². The summed E-state index contributed by atoms with van der Waals surface area (Å²) >= 11 is 0. The van der Waals surface area contributed by atoms with Gasteiger partial charge < -0.3 is 25.6 Å². The number of para-hydroxylation sites is 3. The van der Waals surface area contributed by atoms with Gasteiger partial charge in [0, 0.05) is 0 Å². The summed E-state index contributed by atoms with van der Waals surface area (Å²) in [5.41, 5.74) is 7.32. The van der Waals surface area contributed by atoms with Crippen LogP contribution in [-0.4, -0.2) is 48.2 Å². The number of ether oxygens (including phenoxy) is 1. The summed E-state index contributed by atoms with van der Waals surface area (Å²) in [5, 5.41) is 3.15. The molecule has 0 spiro atoms. The van der Waals surface area contributed by atoms with E-state index in [1.54, 1.807) is 13.2 Å². The van der Waals surface area contributed by atoms with Crippen molar-refractivity contribution < 1.29 is 14.0 Å². The second kappa shape index (κ2) is 8.91. The fourth-order valence-electron chi connectivity index (χ4n) is 3.61. The summed E-state index contributed by atoms with van der Waals surface area (Å²) in [7, 11) is 1.61. The molecule has 1 saturated heterocycles. The standard InChI is InChI=1S/C21H24FN7O/c1-30-18-9-5-3-7-16(18)24-21-26-19(25-20(23)27-21)14-28-10-12-29(13-11-28)17-8-4-2-6-15(17)22/h2-9H,10-14H2,1H3,(H3,23,24,25,26,27)/p+1. The van der Waals surface area contributed by atoms with E-state index < -0.39 is 0 Å². The number of aromatic nitrogens is 3. The van der Waals surface area contributed by atoms with Gasteiger partial charge in [0.1, 0.15) is 18.1 Å². The minimum atomic E-state index is -0.182. The number of rotatable bonds is 6. The zero-order valence-electron chi connectivity index (χ0n) is 16.8. The molecule has 3 aromatic rings. The van der Waals surface area contributed by atoms with Crippen LogP contribution >= 0.6 is 0 Å². The summed E-state index contributed by atoms with van der Waals surface area (Å²) in [6, 6.07) is 14.4. The molecule has 4 rings (SSSR count). The fourth-order valence-corrected chi connectivity index (χ4v) is 3.61. The van der Waals surface area contributed by atoms with Crippen LogP contribution in [0.2, 0.25) is 0 Å². The van der Waals surface area contributed by atoms with Gasteiger partial charge in [-0.05, 0) is 24.3 Å². The molecule has 1 aromatic heterocycles. The van der Waals surface area contributed by atoms with Crippen LogP contribution in [0.5, 0.6) is 5.75 Å². The number of halogens is 1. The molecular weight excluding hydrogens is 385 g/mol. The van der Waals surface area contributed by atoms with Crippen molar-refractivity contribution in [3.8, 4) is 5.75 Å². The Hall–Kier alpha value is -3.46. The minimum Gasteiger partial charge on any atom is -0.495 e. The largest absolute Gasteiger partial charge is 0.495 e. The summed E-state index contributed by atoms with van der Waals surface area (Å²) in [5.74, 6) is 1.67. The predicted octanol–water partition coefficient (Wildman–Crippen LogP) is 1.25. The number of hydrogen-bond acceptors (Lipinski definition) is 7. The number of piperazine rings is 1. The van der Waals surface area contributed by atoms with Crippen LogP contribution in [0.3, 0.4) is 0 Å². The van der Waals surface area contributed by atoms with Crippen LogP contribution in [0.15, 0.2) is 48.5 Å². The molecule has 0 aliphatic carbocycles. The van der Waals surface area contributed by atoms with Gasteiger partial charge in [-0.25, -0.2) is 4.39 Å². The van der Waals surface area contributed by atoms with E-state index in [4.69, 9.17) is 10.5 Å². The first-order valence-electron chi connectivity index (χ1n) is 9.86. The number of nitrogens with zero attached hydrogens (tertiary/aromatic N) is 4. The van der Waals surface area contributed by atoms with E-state index in [1.165, 1.54) is 11.0 Å². The number of quaternary nitrogens is 1. The van der Waals surface area contributed by atoms with E-state index >= 15 is 0 Å². The normalized spacial score (nSPS) is 14.5. The Morgan fingerprint density at radius 2 is 1.80 bits per heavy atom. The van der Waals surface area contributed by atoms with Crippen molar-refractivity contribution >= 4 is 23.3 Å². The Morgan fingerprint density at radius 1 is 1.07 bits per heavy atom. The van der Waals surface area contributed by atoms with Gasteiger partial charge in [-0.2, -0.15) is 15.0 Å². The molecule has 2 aromatic carbocycles. The van der Waals surface area contributed by atoms with Gasteiger partial charge in [-0.3, -0.25) is 0 Å². The first kappa shape index (κ1) is 19.8. The maximum Gasteiger partial charge on any atom is 0.232 e. The van der Waals surface area contributed by atoms with Crippen molar-refractivity contribution in [3.63, 3.8) is 0 Å². The monoisotopic (exact) mass is 410 g/mol. The molecule has 1 aliphatic heterocycles. The van der Waals surface area contributed by atoms with Crippen LogP contribution in [0.4, 0.5) is 27.7 Å². The predicted molar refractivity (Wildman–Crippen MR) is 114 cm³/mol. The third-order valence-electron chi connectivity index (χ3n) is 5.12. The van der Waals surface area contributed by atoms with Gasteiger partial charge >= 0.3 is 0 Å². The lowest BCUT2D eigenvalue weighted by Crippen LogP contribution is -3.13. The van der Waals surface area contributed by atoms with E-state index in [-0.39, 0.29) is 11.8 Å². The number of nitrogens with two attached hydrogens (primary N) is 1. The van der Waals surface area contributed by atoms with Crippen LogP contribution in [0, 0.1) is 5.82 Å². The maximum atomic E-state index is 14.0. The molecule has 0 bridgehead atoms. The summed E-state index contributed by atoms with van der Waals surface area (Å²) in [6.45, 7) is 3.87. The minimum absolute atomic E-state index is 0.168. The van der Waals surface area contributed by atoms with Gasteiger partial charge in [0.25, 0.3) is 0 Å². The van der Waals surface area contributed by atoms with E-state index in [1.807, 2.05) is 36.4 Å². The summed E-state index contributed by atoms with van der Waals surface area (Å²) in [6.07, 6.45) is 0. The molecule has 0 radical (unpaired) electrons. The molecule has 0 saturated carbocycles. The molecule has 4 N–H and O–H groups in total. The Balaban J connectivity index is 1.41. The SMILES string of the molecule is COc1ccccc1Nc1nc(N)nc(C[NH+]2CCN(c3ccccc3F)CC2)n1. The Morgan fingerprint density at radius 3 is 2.57 bits per heavy atom. The Kier molecular flexibility index (Phi) is 5.89. The molecule has 156 valence electrons. The molecule has 0 unspecified atom stereocenters. The number of benzene rings is 2. The van der Waals surface area contributed by atoms with Crippen molar-refractivity contribution in [3.05, 3.63) is 60.2 Å². The number of nitrogens with one attached hydrogen (secondary N) is 2. The molecule has 0 atom stereocenters. The first-order valence-corrected chi connectivity index (χ1v) is 9.86. The van der Waals surface area contributed by atoms with Crippen LogP contribution in [0.1, 0.15) is 5.82 Å². The average Bonchev–Trinajstić information content (AvgIpc) is 2.75. The zero-order chi connectivity index (χ0) is 20.9. The highest BCUT2D eigenvalue weighted by atomic mass is 19.1. The number of nitrogen functional groups attached to an aromatic ring is 1. The summed E-state index contributed by atoms with van der Waals surface area (Å²) in [4.78, 5) is 16.4. The molecule has 1 aliphatic rings. The van der Waals surface area contributed by atoms with E-state index in [2.05, 4.69) is 25.2 Å². The third-order valence-corrected chi connectivity index (χ3v) is 5.12. The van der Waals surface area contributed by atoms with Gasteiger partial charge in [-0.15, -0.1) is 0 Å². The lowest BCUT2D eigenvalue weighted by Gasteiger charge is -2.33. The highest BCUT2D eigenvalue weighted by Crippen LogP contribution is 2.25. The second-order valence-corrected chi connectivity index (χ2v) is 7.12. The molecule has 30 heavy (non-hydrogen) atoms. The van der Waals surface area contributed by atoms with Crippen molar-refractivity contribution in [2.24, 2.45) is 0 Å². The van der Waals surface area contributed by atoms with Crippen molar-refractivity contribution in [1.82, 2.24) is 15.0 Å². The quantitative estimate of drug-likeness (QED) is 0.563. The van der Waals surface area contributed by atoms with E-state index in [0.717, 1.165) is 31.9 Å². The van der Waals surface area contributed by atoms with Crippen LogP contribution < -0.4 is 25.6 Å². The first-order chi connectivity index (χ1) is 14.6. The summed E-state index contributed by atoms with van der Waals surface area (Å²) < 4.78 is 19.4. The highest BCUT2D eigenvalue weighted by Gasteiger charge is 2.23. The van der Waals surface area contributed by atoms with Gasteiger partial charge in [0.15, 0.2) is 5.82 Å².